The first-order chi connectivity index (χ1) is 16.1. The molecule has 0 atom stereocenters. The minimum atomic E-state index is -0.981. The van der Waals surface area contributed by atoms with E-state index in [-0.39, 0.29) is 30.9 Å². The number of aliphatic hydroxyl groups excluding tert-OH is 1. The van der Waals surface area contributed by atoms with Crippen LogP contribution in [0, 0.1) is 0 Å². The molecule has 2 N–H and O–H groups in total. The van der Waals surface area contributed by atoms with Crippen LogP contribution in [0.3, 0.4) is 0 Å². The van der Waals surface area contributed by atoms with Crippen LogP contribution < -0.4 is 0 Å². The van der Waals surface area contributed by atoms with Gasteiger partial charge in [0.05, 0.1) is 20.3 Å². The quantitative estimate of drug-likeness (QED) is 0.274. The molecule has 0 amide bonds. The number of hydrogen-bond acceptors (Lipinski definition) is 9. The van der Waals surface area contributed by atoms with Gasteiger partial charge in [0.25, 0.3) is 0 Å². The fraction of sp³-hybridized carbons (Fsp3) is 0.400. The van der Waals surface area contributed by atoms with Crippen LogP contribution in [0.4, 0.5) is 0 Å². The van der Waals surface area contributed by atoms with Crippen LogP contribution in [0.5, 0.6) is 0 Å². The number of carbonyl (C=O) groups excluding carboxylic acids is 4. The van der Waals surface area contributed by atoms with E-state index in [4.69, 9.17) is 14.9 Å². The molecule has 0 aromatic rings. The molecule has 10 heteroatoms. The summed E-state index contributed by atoms with van der Waals surface area (Å²) >= 11 is 0. The zero-order chi connectivity index (χ0) is 29.0. The Morgan fingerprint density at radius 2 is 1.17 bits per heavy atom. The van der Waals surface area contributed by atoms with Crippen molar-refractivity contribution in [3.8, 4) is 0 Å². The van der Waals surface area contributed by atoms with Crippen molar-refractivity contribution in [2.45, 2.75) is 41.0 Å². The number of aliphatic hydroxyl groups is 1. The number of carbonyl (C=O) groups is 5. The number of carboxylic acids is 1. The second-order valence-corrected chi connectivity index (χ2v) is 6.16. The number of ether oxygens (including phenoxy) is 3. The summed E-state index contributed by atoms with van der Waals surface area (Å²) in [7, 11) is 1.33. The average Bonchev–Trinajstić information content (AvgIpc) is 2.81. The monoisotopic (exact) mass is 500 g/mol. The molecule has 0 heterocycles. The van der Waals surface area contributed by atoms with Gasteiger partial charge in [-0.2, -0.15) is 0 Å². The Labute approximate surface area is 208 Å². The predicted octanol–water partition coefficient (Wildman–Crippen LogP) is 3.37. The number of esters is 3. The Balaban J connectivity index is -0.000000109. The van der Waals surface area contributed by atoms with E-state index < -0.39 is 11.9 Å². The third-order valence-electron chi connectivity index (χ3n) is 2.60. The number of rotatable bonds is 9. The van der Waals surface area contributed by atoms with Crippen molar-refractivity contribution in [2.75, 3.05) is 26.9 Å². The summed E-state index contributed by atoms with van der Waals surface area (Å²) in [5.41, 5.74) is 1.51. The summed E-state index contributed by atoms with van der Waals surface area (Å²) in [6.07, 6.45) is 2.74. The topological polar surface area (TPSA) is 154 Å². The number of allylic oxidation sites excluding steroid dienone is 1. The smallest absolute Gasteiger partial charge is 0.333 e. The molecule has 0 aromatic carbocycles. The number of carboxylic acid groups (broad SMARTS) is 1. The van der Waals surface area contributed by atoms with Gasteiger partial charge in [-0.25, -0.2) is 19.2 Å². The molecular weight excluding hydrogens is 460 g/mol. The van der Waals surface area contributed by atoms with E-state index in [0.717, 1.165) is 18.6 Å². The third kappa shape index (κ3) is 48.7. The molecule has 0 radical (unpaired) electrons. The van der Waals surface area contributed by atoms with Gasteiger partial charge < -0.3 is 24.4 Å². The van der Waals surface area contributed by atoms with Crippen molar-refractivity contribution in [1.82, 2.24) is 0 Å². The lowest BCUT2D eigenvalue weighted by Crippen LogP contribution is -2.04. The summed E-state index contributed by atoms with van der Waals surface area (Å²) in [6, 6.07) is 0. The molecule has 0 rings (SSSR count). The van der Waals surface area contributed by atoms with E-state index in [1.807, 2.05) is 6.92 Å². The third-order valence-corrected chi connectivity index (χ3v) is 2.60. The van der Waals surface area contributed by atoms with Crippen molar-refractivity contribution in [2.24, 2.45) is 0 Å². The molecule has 0 aliphatic rings. The molecular formula is C25H40O10. The van der Waals surface area contributed by atoms with E-state index in [9.17, 15) is 24.0 Å². The van der Waals surface area contributed by atoms with Gasteiger partial charge in [0.1, 0.15) is 6.61 Å². The van der Waals surface area contributed by atoms with Gasteiger partial charge in [-0.05, 0) is 39.7 Å². The Morgan fingerprint density at radius 1 is 0.771 bits per heavy atom. The number of Topliss-reactive ketones (excluding diaryl/α,β-unsaturated/α-hetero) is 1. The molecule has 0 saturated heterocycles. The lowest BCUT2D eigenvalue weighted by Gasteiger charge is -1.99. The summed E-state index contributed by atoms with van der Waals surface area (Å²) in [5.74, 6) is -2.06. The standard InChI is InChI=1S/C7H12O2.C5H8O3.C5H8O2.C5H8O.C3H4O2/c1-4-5-9-7(8)6(2)3;1-2-5(7)8-4-3-6;1-4(2)5(6)7-3;1-4(2)5(3)6;1-2-3(4)5/h2,4-5H2,1,3H3;2,6H,1,3-4H2;1H2,2-3H3;1H2,2-3H3;2H,1H2,(H,4,5). The fourth-order valence-corrected chi connectivity index (χ4v) is 0.697. The maximum atomic E-state index is 10.6. The summed E-state index contributed by atoms with van der Waals surface area (Å²) in [6.45, 7) is 25.1. The highest BCUT2D eigenvalue weighted by molar-refractivity contribution is 5.91. The van der Waals surface area contributed by atoms with E-state index in [0.29, 0.717) is 23.3 Å². The van der Waals surface area contributed by atoms with Gasteiger partial charge >= 0.3 is 23.9 Å². The molecule has 0 aliphatic carbocycles. The predicted molar refractivity (Wildman–Crippen MR) is 134 cm³/mol. The van der Waals surface area contributed by atoms with Crippen molar-refractivity contribution in [3.05, 3.63) is 61.8 Å². The van der Waals surface area contributed by atoms with Gasteiger partial charge in [0, 0.05) is 23.3 Å². The van der Waals surface area contributed by atoms with Crippen LogP contribution in [0.15, 0.2) is 61.8 Å². The first-order valence-corrected chi connectivity index (χ1v) is 10.1. The summed E-state index contributed by atoms with van der Waals surface area (Å²) < 4.78 is 13.3. The second kappa shape index (κ2) is 30.2. The summed E-state index contributed by atoms with van der Waals surface area (Å²) in [5, 5.41) is 15.7. The molecule has 0 unspecified atom stereocenters. The fourth-order valence-electron chi connectivity index (χ4n) is 0.697. The molecule has 0 saturated carbocycles. The van der Waals surface area contributed by atoms with Crippen LogP contribution in [0.1, 0.15) is 41.0 Å². The van der Waals surface area contributed by atoms with Crippen molar-refractivity contribution < 1.29 is 48.4 Å². The Bertz CT molecular complexity index is 706. The van der Waals surface area contributed by atoms with Gasteiger partial charge in [0.2, 0.25) is 0 Å². The Hall–Kier alpha value is -3.79. The van der Waals surface area contributed by atoms with Crippen LogP contribution in [0.25, 0.3) is 0 Å². The van der Waals surface area contributed by atoms with E-state index in [1.54, 1.807) is 20.8 Å². The maximum absolute atomic E-state index is 10.6. The lowest BCUT2D eigenvalue weighted by molar-refractivity contribution is -0.139. The first-order valence-electron chi connectivity index (χ1n) is 10.1. The SMILES string of the molecule is C=C(C)C(=O)OC.C=C(C)C(=O)OCCC.C=C(C)C(C)=O.C=CC(=O)O.C=CC(=O)OCCO. The number of methoxy groups -OCH3 is 1. The van der Waals surface area contributed by atoms with Gasteiger partial charge in [-0.1, -0.05) is 39.8 Å². The Kier molecular flexibility index (Phi) is 35.8. The first kappa shape index (κ1) is 41.5. The zero-order valence-corrected chi connectivity index (χ0v) is 21.7. The number of aliphatic carboxylic acids is 1. The second-order valence-electron chi connectivity index (χ2n) is 6.16. The van der Waals surface area contributed by atoms with Crippen molar-refractivity contribution in [1.29, 1.82) is 0 Å². The molecule has 0 aromatic heterocycles. The molecule has 0 spiro atoms. The highest BCUT2D eigenvalue weighted by atomic mass is 16.5. The van der Waals surface area contributed by atoms with E-state index in [1.165, 1.54) is 14.0 Å². The minimum absolute atomic E-state index is 0.0465. The van der Waals surface area contributed by atoms with Crippen molar-refractivity contribution in [3.63, 3.8) is 0 Å². The van der Waals surface area contributed by atoms with Crippen LogP contribution in [0.2, 0.25) is 0 Å². The molecule has 0 bridgehead atoms. The van der Waals surface area contributed by atoms with Crippen LogP contribution >= 0.6 is 0 Å². The lowest BCUT2D eigenvalue weighted by atomic mass is 10.3. The minimum Gasteiger partial charge on any atom is -0.478 e. The highest BCUT2D eigenvalue weighted by Gasteiger charge is 1.99. The summed E-state index contributed by atoms with van der Waals surface area (Å²) in [4.78, 5) is 50.2. The average molecular weight is 501 g/mol. The maximum Gasteiger partial charge on any atom is 0.333 e. The van der Waals surface area contributed by atoms with Crippen LogP contribution in [-0.2, 0) is 38.2 Å². The normalized spacial score (nSPS) is 7.86. The van der Waals surface area contributed by atoms with Crippen molar-refractivity contribution >= 4 is 29.7 Å². The number of ketones is 1. The largest absolute Gasteiger partial charge is 0.478 e. The molecule has 0 aliphatic heterocycles. The van der Waals surface area contributed by atoms with Gasteiger partial charge in [-0.15, -0.1) is 0 Å². The van der Waals surface area contributed by atoms with Gasteiger partial charge in [0.15, 0.2) is 5.78 Å². The molecule has 0 fully saturated rings. The zero-order valence-electron chi connectivity index (χ0n) is 21.7. The number of hydrogen-bond donors (Lipinski definition) is 2. The molecule has 200 valence electrons. The van der Waals surface area contributed by atoms with E-state index >= 15 is 0 Å². The van der Waals surface area contributed by atoms with Crippen LogP contribution in [-0.4, -0.2) is 66.8 Å². The van der Waals surface area contributed by atoms with E-state index in [2.05, 4.69) is 42.4 Å². The molecule has 35 heavy (non-hydrogen) atoms. The molecule has 10 nitrogen and oxygen atoms in total. The van der Waals surface area contributed by atoms with Gasteiger partial charge in [-0.3, -0.25) is 4.79 Å². The highest BCUT2D eigenvalue weighted by Crippen LogP contribution is 1.92. The Morgan fingerprint density at radius 3 is 1.34 bits per heavy atom.